The molecule has 2 N–H and O–H groups in total. The standard InChI is InChI=1S/C35H43ClN4O5/c1-3-37-20-25-9-16-31(36)27(19-25)23-39(28-10-11-28)35(42)32-21-38-22-34(41)40(32)29-12-14-30(15-13-29)45-18-6-17-44-24-26-7-4-5-8-33(26)43-2/h4-5,7-9,12-16,19,28,32,37-38H,3,6,10-11,17-18,20-24H2,1-2H3/t32-/m1/s1. The Balaban J connectivity index is 1.18. The summed E-state index contributed by atoms with van der Waals surface area (Å²) in [6.07, 6.45) is 2.63. The van der Waals surface area contributed by atoms with Gasteiger partial charge in [-0.15, -0.1) is 0 Å². The molecule has 45 heavy (non-hydrogen) atoms. The van der Waals surface area contributed by atoms with Crippen LogP contribution in [0.2, 0.25) is 5.02 Å². The molecule has 3 aromatic rings. The molecule has 1 aliphatic heterocycles. The van der Waals surface area contributed by atoms with E-state index in [2.05, 4.69) is 23.6 Å². The van der Waals surface area contributed by atoms with Crippen LogP contribution in [0.1, 0.15) is 42.9 Å². The normalized spacial score (nSPS) is 16.5. The number of para-hydroxylation sites is 1. The minimum atomic E-state index is -0.650. The summed E-state index contributed by atoms with van der Waals surface area (Å²) in [5, 5.41) is 7.12. The highest BCUT2D eigenvalue weighted by atomic mass is 35.5. The largest absolute Gasteiger partial charge is 0.496 e. The van der Waals surface area contributed by atoms with Gasteiger partial charge in [-0.1, -0.05) is 48.9 Å². The molecule has 2 aliphatic rings. The van der Waals surface area contributed by atoms with Crippen LogP contribution in [-0.2, 0) is 34.0 Å². The zero-order valence-corrected chi connectivity index (χ0v) is 26.9. The highest BCUT2D eigenvalue weighted by molar-refractivity contribution is 6.31. The van der Waals surface area contributed by atoms with Crippen LogP contribution in [-0.4, -0.2) is 68.8 Å². The average Bonchev–Trinajstić information content (AvgIpc) is 3.91. The maximum absolute atomic E-state index is 14.1. The molecule has 240 valence electrons. The van der Waals surface area contributed by atoms with Crippen molar-refractivity contribution in [3.63, 3.8) is 0 Å². The number of piperazine rings is 1. The predicted molar refractivity (Wildman–Crippen MR) is 176 cm³/mol. The van der Waals surface area contributed by atoms with Crippen LogP contribution in [0.25, 0.3) is 0 Å². The second kappa shape index (κ2) is 16.1. The zero-order chi connectivity index (χ0) is 31.6. The van der Waals surface area contributed by atoms with Crippen molar-refractivity contribution in [3.05, 3.63) is 88.4 Å². The van der Waals surface area contributed by atoms with Gasteiger partial charge in [0.15, 0.2) is 0 Å². The van der Waals surface area contributed by atoms with Crippen molar-refractivity contribution in [1.82, 2.24) is 15.5 Å². The van der Waals surface area contributed by atoms with Gasteiger partial charge in [0, 0.05) is 48.4 Å². The number of methoxy groups -OCH3 is 1. The molecule has 10 heteroatoms. The van der Waals surface area contributed by atoms with Gasteiger partial charge in [-0.05, 0) is 66.9 Å². The van der Waals surface area contributed by atoms with E-state index in [1.807, 2.05) is 65.6 Å². The lowest BCUT2D eigenvalue weighted by atomic mass is 10.1. The van der Waals surface area contributed by atoms with E-state index in [0.29, 0.717) is 49.4 Å². The molecule has 1 heterocycles. The Morgan fingerprint density at radius 1 is 1.07 bits per heavy atom. The van der Waals surface area contributed by atoms with Crippen LogP contribution < -0.4 is 25.0 Å². The first-order valence-corrected chi connectivity index (χ1v) is 16.1. The molecule has 2 amide bonds. The van der Waals surface area contributed by atoms with E-state index in [0.717, 1.165) is 54.8 Å². The van der Waals surface area contributed by atoms with Gasteiger partial charge >= 0.3 is 0 Å². The number of carbonyl (C=O) groups is 2. The van der Waals surface area contributed by atoms with Gasteiger partial charge in [0.2, 0.25) is 11.8 Å². The van der Waals surface area contributed by atoms with Crippen LogP contribution in [0.5, 0.6) is 11.5 Å². The van der Waals surface area contributed by atoms with E-state index < -0.39 is 6.04 Å². The van der Waals surface area contributed by atoms with Crippen LogP contribution in [0.15, 0.2) is 66.7 Å². The molecule has 1 atom stereocenters. The second-order valence-electron chi connectivity index (χ2n) is 11.4. The van der Waals surface area contributed by atoms with Gasteiger partial charge in [0.05, 0.1) is 33.5 Å². The third-order valence-corrected chi connectivity index (χ3v) is 8.42. The maximum atomic E-state index is 14.1. The van der Waals surface area contributed by atoms with Gasteiger partial charge in [-0.2, -0.15) is 0 Å². The van der Waals surface area contributed by atoms with E-state index in [1.54, 1.807) is 12.0 Å². The highest BCUT2D eigenvalue weighted by Gasteiger charge is 2.41. The van der Waals surface area contributed by atoms with Gasteiger partial charge < -0.3 is 29.7 Å². The number of ether oxygens (including phenoxy) is 3. The molecule has 0 aromatic heterocycles. The van der Waals surface area contributed by atoms with Crippen molar-refractivity contribution >= 4 is 29.1 Å². The van der Waals surface area contributed by atoms with Crippen molar-refractivity contribution in [3.8, 4) is 11.5 Å². The Labute approximate surface area is 270 Å². The van der Waals surface area contributed by atoms with Crippen LogP contribution in [0.3, 0.4) is 0 Å². The van der Waals surface area contributed by atoms with Gasteiger partial charge in [0.1, 0.15) is 17.5 Å². The topological polar surface area (TPSA) is 92.4 Å². The third kappa shape index (κ3) is 8.76. The molecule has 1 saturated carbocycles. The fraction of sp³-hybridized carbons (Fsp3) is 0.429. The lowest BCUT2D eigenvalue weighted by molar-refractivity contribution is -0.136. The van der Waals surface area contributed by atoms with Gasteiger partial charge in [0.25, 0.3) is 0 Å². The number of nitrogens with one attached hydrogen (secondary N) is 2. The summed E-state index contributed by atoms with van der Waals surface area (Å²) < 4.78 is 17.1. The van der Waals surface area contributed by atoms with Gasteiger partial charge in [-0.3, -0.25) is 14.5 Å². The summed E-state index contributed by atoms with van der Waals surface area (Å²) in [7, 11) is 1.65. The summed E-state index contributed by atoms with van der Waals surface area (Å²) >= 11 is 6.59. The minimum absolute atomic E-state index is 0.0698. The number of hydrogen-bond donors (Lipinski definition) is 2. The number of rotatable bonds is 16. The van der Waals surface area contributed by atoms with Gasteiger partial charge in [-0.25, -0.2) is 0 Å². The third-order valence-electron chi connectivity index (χ3n) is 8.05. The highest BCUT2D eigenvalue weighted by Crippen LogP contribution is 2.33. The number of carbonyl (C=O) groups excluding carboxylic acids is 2. The minimum Gasteiger partial charge on any atom is -0.496 e. The molecule has 5 rings (SSSR count). The number of benzene rings is 3. The summed E-state index contributed by atoms with van der Waals surface area (Å²) in [4.78, 5) is 30.8. The average molecular weight is 635 g/mol. The number of amides is 2. The van der Waals surface area contributed by atoms with E-state index in [9.17, 15) is 9.59 Å². The molecule has 0 spiro atoms. The number of anilines is 1. The van der Waals surface area contributed by atoms with E-state index >= 15 is 0 Å². The summed E-state index contributed by atoms with van der Waals surface area (Å²) in [6.45, 7) is 6.18. The lowest BCUT2D eigenvalue weighted by Crippen LogP contribution is -2.61. The fourth-order valence-corrected chi connectivity index (χ4v) is 5.70. The lowest BCUT2D eigenvalue weighted by Gasteiger charge is -2.38. The van der Waals surface area contributed by atoms with Crippen LogP contribution in [0, 0.1) is 0 Å². The summed E-state index contributed by atoms with van der Waals surface area (Å²) in [6, 6.07) is 20.7. The number of halogens is 1. The summed E-state index contributed by atoms with van der Waals surface area (Å²) in [5.74, 6) is 1.30. The quantitative estimate of drug-likeness (QED) is 0.216. The first-order chi connectivity index (χ1) is 22.0. The van der Waals surface area contributed by atoms with Crippen molar-refractivity contribution in [1.29, 1.82) is 0 Å². The monoisotopic (exact) mass is 634 g/mol. The van der Waals surface area contributed by atoms with E-state index in [-0.39, 0.29) is 24.4 Å². The molecule has 3 aromatic carbocycles. The molecule has 0 bridgehead atoms. The zero-order valence-electron chi connectivity index (χ0n) is 26.1. The molecular formula is C35H43ClN4O5. The molecule has 9 nitrogen and oxygen atoms in total. The predicted octanol–water partition coefficient (Wildman–Crippen LogP) is 4.94. The van der Waals surface area contributed by atoms with E-state index in [4.69, 9.17) is 25.8 Å². The summed E-state index contributed by atoms with van der Waals surface area (Å²) in [5.41, 5.74) is 3.72. The Morgan fingerprint density at radius 2 is 1.87 bits per heavy atom. The first-order valence-electron chi connectivity index (χ1n) is 15.7. The maximum Gasteiger partial charge on any atom is 0.247 e. The smallest absolute Gasteiger partial charge is 0.247 e. The van der Waals surface area contributed by atoms with Crippen molar-refractivity contribution in [2.45, 2.75) is 58.0 Å². The Kier molecular flexibility index (Phi) is 11.7. The molecule has 0 unspecified atom stereocenters. The molecular weight excluding hydrogens is 592 g/mol. The first kappa shape index (κ1) is 32.8. The van der Waals surface area contributed by atoms with Crippen LogP contribution >= 0.6 is 11.6 Å². The fourth-order valence-electron chi connectivity index (χ4n) is 5.52. The molecule has 1 saturated heterocycles. The molecule has 0 radical (unpaired) electrons. The SMILES string of the molecule is CCNCc1ccc(Cl)c(CN(C(=O)[C@H]2CNCC(=O)N2c2ccc(OCCCOCc3ccccc3OC)cc2)C2CC2)c1. The number of hydrogen-bond acceptors (Lipinski definition) is 7. The Morgan fingerprint density at radius 3 is 2.62 bits per heavy atom. The number of nitrogens with zero attached hydrogens (tertiary/aromatic N) is 2. The molecule has 1 aliphatic carbocycles. The van der Waals surface area contributed by atoms with Crippen molar-refractivity contribution in [2.75, 3.05) is 44.9 Å². The van der Waals surface area contributed by atoms with Crippen LogP contribution in [0.4, 0.5) is 5.69 Å². The van der Waals surface area contributed by atoms with E-state index in [1.165, 1.54) is 0 Å². The van der Waals surface area contributed by atoms with Crippen molar-refractivity contribution < 1.29 is 23.8 Å². The Bertz CT molecular complexity index is 1430. The molecule has 2 fully saturated rings. The van der Waals surface area contributed by atoms with Crippen molar-refractivity contribution in [2.24, 2.45) is 0 Å². The second-order valence-corrected chi connectivity index (χ2v) is 11.8. The Hall–Kier alpha value is -3.63.